The zero-order valence-electron chi connectivity index (χ0n) is 12.9. The fourth-order valence-electron chi connectivity index (χ4n) is 2.68. The molecule has 1 aliphatic rings. The molecule has 1 atom stereocenters. The summed E-state index contributed by atoms with van der Waals surface area (Å²) >= 11 is 0. The number of nitrogens with two attached hydrogens (primary N) is 1. The van der Waals surface area contributed by atoms with Crippen LogP contribution in [0.1, 0.15) is 42.1 Å². The third-order valence-electron chi connectivity index (χ3n) is 3.85. The fourth-order valence-corrected chi connectivity index (χ4v) is 2.68. The van der Waals surface area contributed by atoms with Gasteiger partial charge in [-0.2, -0.15) is 0 Å². The number of piperidine rings is 1. The quantitative estimate of drug-likeness (QED) is 0.645. The molecule has 0 saturated carbocycles. The Labute approximate surface area is 126 Å². The molecule has 5 nitrogen and oxygen atoms in total. The lowest BCUT2D eigenvalue weighted by atomic mass is 10.0. The number of hydrogen-bond donors (Lipinski definition) is 2. The van der Waals surface area contributed by atoms with Gasteiger partial charge in [0, 0.05) is 25.3 Å². The minimum absolute atomic E-state index is 0.0754. The molecule has 0 spiro atoms. The number of hydrogen-bond acceptors (Lipinski definition) is 4. The van der Waals surface area contributed by atoms with Crippen molar-refractivity contribution in [1.82, 2.24) is 4.90 Å². The molecule has 0 bridgehead atoms. The maximum absolute atomic E-state index is 12.6. The second-order valence-corrected chi connectivity index (χ2v) is 5.56. The monoisotopic (exact) mass is 291 g/mol. The van der Waals surface area contributed by atoms with Gasteiger partial charge in [0.05, 0.1) is 11.8 Å². The van der Waals surface area contributed by atoms with Crippen molar-refractivity contribution in [3.63, 3.8) is 0 Å². The summed E-state index contributed by atoms with van der Waals surface area (Å²) in [5.74, 6) is 5.50. The smallest absolute Gasteiger partial charge is 0.253 e. The Bertz CT molecular complexity index is 490. The summed E-state index contributed by atoms with van der Waals surface area (Å²) in [6, 6.07) is 5.55. The molecule has 0 aromatic heterocycles. The van der Waals surface area contributed by atoms with Crippen molar-refractivity contribution < 1.29 is 9.53 Å². The highest BCUT2D eigenvalue weighted by Crippen LogP contribution is 2.20. The normalized spacial score (nSPS) is 18.6. The van der Waals surface area contributed by atoms with Crippen molar-refractivity contribution in [3.8, 4) is 0 Å². The summed E-state index contributed by atoms with van der Waals surface area (Å²) in [7, 11) is 0. The number of anilines is 1. The van der Waals surface area contributed by atoms with Gasteiger partial charge in [0.2, 0.25) is 0 Å². The predicted molar refractivity (Wildman–Crippen MR) is 84.2 cm³/mol. The Morgan fingerprint density at radius 2 is 2.33 bits per heavy atom. The first-order valence-corrected chi connectivity index (χ1v) is 7.63. The van der Waals surface area contributed by atoms with Crippen LogP contribution < -0.4 is 11.3 Å². The number of benzene rings is 1. The highest BCUT2D eigenvalue weighted by atomic mass is 16.5. The van der Waals surface area contributed by atoms with Gasteiger partial charge in [-0.15, -0.1) is 0 Å². The Balaban J connectivity index is 2.03. The molecule has 1 heterocycles. The van der Waals surface area contributed by atoms with Crippen LogP contribution in [0.15, 0.2) is 18.2 Å². The highest BCUT2D eigenvalue weighted by Gasteiger charge is 2.25. The molecule has 0 aliphatic carbocycles. The summed E-state index contributed by atoms with van der Waals surface area (Å²) in [6.07, 6.45) is 3.23. The van der Waals surface area contributed by atoms with E-state index in [0.29, 0.717) is 12.1 Å². The molecular formula is C16H25N3O2. The van der Waals surface area contributed by atoms with Gasteiger partial charge in [-0.25, -0.2) is 0 Å². The fraction of sp³-hybridized carbons (Fsp3) is 0.562. The van der Waals surface area contributed by atoms with Crippen molar-refractivity contribution >= 4 is 11.6 Å². The predicted octanol–water partition coefficient (Wildman–Crippen LogP) is 2.31. The van der Waals surface area contributed by atoms with Crippen molar-refractivity contribution in [2.24, 2.45) is 5.84 Å². The summed E-state index contributed by atoms with van der Waals surface area (Å²) < 4.78 is 5.79. The average molecular weight is 291 g/mol. The van der Waals surface area contributed by atoms with Crippen LogP contribution >= 0.6 is 0 Å². The van der Waals surface area contributed by atoms with Crippen molar-refractivity contribution in [2.45, 2.75) is 39.2 Å². The van der Waals surface area contributed by atoms with E-state index in [1.54, 1.807) is 0 Å². The molecule has 3 N–H and O–H groups in total. The summed E-state index contributed by atoms with van der Waals surface area (Å²) in [6.45, 7) is 6.30. The number of nitrogens with one attached hydrogen (secondary N) is 1. The van der Waals surface area contributed by atoms with E-state index in [1.807, 2.05) is 30.0 Å². The Hall–Kier alpha value is -1.59. The van der Waals surface area contributed by atoms with Gasteiger partial charge >= 0.3 is 0 Å². The number of rotatable bonds is 5. The van der Waals surface area contributed by atoms with Gasteiger partial charge in [0.1, 0.15) is 0 Å². The molecule has 116 valence electrons. The molecule has 0 radical (unpaired) electrons. The van der Waals surface area contributed by atoms with E-state index in [4.69, 9.17) is 10.6 Å². The first kappa shape index (κ1) is 15.8. The number of amides is 1. The first-order chi connectivity index (χ1) is 10.2. The van der Waals surface area contributed by atoms with Crippen LogP contribution in [0.4, 0.5) is 5.69 Å². The lowest BCUT2D eigenvalue weighted by Crippen LogP contribution is -2.43. The van der Waals surface area contributed by atoms with Crippen LogP contribution in [0.25, 0.3) is 0 Å². The van der Waals surface area contributed by atoms with Crippen LogP contribution in [0.5, 0.6) is 0 Å². The number of likely N-dealkylation sites (tertiary alicyclic amines) is 1. The Morgan fingerprint density at radius 1 is 1.52 bits per heavy atom. The maximum Gasteiger partial charge on any atom is 0.253 e. The number of aryl methyl sites for hydroxylation is 1. The zero-order chi connectivity index (χ0) is 15.2. The molecule has 1 aromatic rings. The van der Waals surface area contributed by atoms with Crippen molar-refractivity contribution in [2.75, 3.05) is 25.1 Å². The summed E-state index contributed by atoms with van der Waals surface area (Å²) in [5.41, 5.74) is 5.15. The molecule has 1 fully saturated rings. The third kappa shape index (κ3) is 3.95. The summed E-state index contributed by atoms with van der Waals surface area (Å²) in [5, 5.41) is 0. The first-order valence-electron chi connectivity index (χ1n) is 7.63. The minimum atomic E-state index is 0.0754. The van der Waals surface area contributed by atoms with E-state index in [-0.39, 0.29) is 12.0 Å². The molecule has 2 rings (SSSR count). The van der Waals surface area contributed by atoms with Gasteiger partial charge in [-0.3, -0.25) is 10.6 Å². The Kier molecular flexibility index (Phi) is 5.59. The molecular weight excluding hydrogens is 266 g/mol. The van der Waals surface area contributed by atoms with E-state index in [2.05, 4.69) is 12.3 Å². The summed E-state index contributed by atoms with van der Waals surface area (Å²) in [4.78, 5) is 14.5. The van der Waals surface area contributed by atoms with Crippen LogP contribution in [0.3, 0.4) is 0 Å². The van der Waals surface area contributed by atoms with E-state index >= 15 is 0 Å². The molecule has 5 heteroatoms. The van der Waals surface area contributed by atoms with Crippen LogP contribution in [-0.4, -0.2) is 36.6 Å². The number of ether oxygens (including phenoxy) is 1. The lowest BCUT2D eigenvalue weighted by molar-refractivity contribution is 0.00211. The maximum atomic E-state index is 12.6. The van der Waals surface area contributed by atoms with Crippen LogP contribution in [-0.2, 0) is 4.74 Å². The number of nitrogens with zero attached hydrogens (tertiary/aromatic N) is 1. The number of carbonyl (C=O) groups excluding carboxylic acids is 1. The van der Waals surface area contributed by atoms with Gasteiger partial charge in [-0.1, -0.05) is 6.92 Å². The third-order valence-corrected chi connectivity index (χ3v) is 3.85. The van der Waals surface area contributed by atoms with E-state index < -0.39 is 0 Å². The van der Waals surface area contributed by atoms with Gasteiger partial charge in [0.25, 0.3) is 5.91 Å². The number of hydrazine groups is 1. The minimum Gasteiger partial charge on any atom is -0.376 e. The highest BCUT2D eigenvalue weighted by molar-refractivity contribution is 5.95. The molecule has 1 unspecified atom stereocenters. The molecule has 1 saturated heterocycles. The average Bonchev–Trinajstić information content (AvgIpc) is 2.52. The SMILES string of the molecule is CCCOC1CCCN(C(=O)c2ccc(NN)c(C)c2)C1. The van der Waals surface area contributed by atoms with Gasteiger partial charge in [0.15, 0.2) is 0 Å². The Morgan fingerprint density at radius 3 is 3.00 bits per heavy atom. The van der Waals surface area contributed by atoms with Crippen molar-refractivity contribution in [1.29, 1.82) is 0 Å². The number of nitrogen functional groups attached to an aromatic ring is 1. The second-order valence-electron chi connectivity index (χ2n) is 5.56. The second kappa shape index (κ2) is 7.43. The molecule has 21 heavy (non-hydrogen) atoms. The molecule has 1 aliphatic heterocycles. The van der Waals surface area contributed by atoms with E-state index in [0.717, 1.165) is 43.7 Å². The van der Waals surface area contributed by atoms with Gasteiger partial charge < -0.3 is 15.1 Å². The van der Waals surface area contributed by atoms with E-state index in [9.17, 15) is 4.79 Å². The van der Waals surface area contributed by atoms with Crippen molar-refractivity contribution in [3.05, 3.63) is 29.3 Å². The van der Waals surface area contributed by atoms with E-state index in [1.165, 1.54) is 0 Å². The lowest BCUT2D eigenvalue weighted by Gasteiger charge is -2.32. The van der Waals surface area contributed by atoms with Crippen LogP contribution in [0, 0.1) is 6.92 Å². The topological polar surface area (TPSA) is 67.6 Å². The zero-order valence-corrected chi connectivity index (χ0v) is 12.9. The van der Waals surface area contributed by atoms with Gasteiger partial charge in [-0.05, 0) is 49.9 Å². The molecule has 1 aromatic carbocycles. The van der Waals surface area contributed by atoms with Crippen LogP contribution in [0.2, 0.25) is 0 Å². The number of carbonyl (C=O) groups is 1. The standard InChI is InChI=1S/C16H25N3O2/c1-3-9-21-14-5-4-8-19(11-14)16(20)13-6-7-15(18-17)12(2)10-13/h6-7,10,14,18H,3-5,8-9,11,17H2,1-2H3. The molecule has 1 amide bonds. The largest absolute Gasteiger partial charge is 0.376 e.